The predicted octanol–water partition coefficient (Wildman–Crippen LogP) is 3.09. The Balaban J connectivity index is 2.01. The third kappa shape index (κ3) is 5.63. The molecule has 0 bridgehead atoms. The highest BCUT2D eigenvalue weighted by Crippen LogP contribution is 2.25. The molecular formula is C23H30N2O5. The summed E-state index contributed by atoms with van der Waals surface area (Å²) in [5, 5.41) is 5.57. The van der Waals surface area contributed by atoms with Gasteiger partial charge in [0.25, 0.3) is 0 Å². The Morgan fingerprint density at radius 1 is 1.03 bits per heavy atom. The predicted molar refractivity (Wildman–Crippen MR) is 114 cm³/mol. The maximum atomic E-state index is 12.8. The van der Waals surface area contributed by atoms with Gasteiger partial charge in [-0.1, -0.05) is 38.1 Å². The van der Waals surface area contributed by atoms with E-state index < -0.39 is 17.7 Å². The van der Waals surface area contributed by atoms with Crippen LogP contribution in [-0.2, 0) is 9.53 Å². The second-order valence-corrected chi connectivity index (χ2v) is 8.75. The van der Waals surface area contributed by atoms with Crippen molar-refractivity contribution in [1.82, 2.24) is 10.6 Å². The molecule has 0 heterocycles. The number of rotatable bonds is 7. The first kappa shape index (κ1) is 23.5. The molecule has 0 aromatic heterocycles. The van der Waals surface area contributed by atoms with Crippen molar-refractivity contribution < 1.29 is 23.9 Å². The molecular weight excluding hydrogens is 384 g/mol. The van der Waals surface area contributed by atoms with Gasteiger partial charge in [-0.15, -0.1) is 0 Å². The van der Waals surface area contributed by atoms with Crippen molar-refractivity contribution in [3.8, 4) is 0 Å². The Kier molecular flexibility index (Phi) is 7.31. The van der Waals surface area contributed by atoms with Gasteiger partial charge in [0.2, 0.25) is 0 Å². The number of Topliss-reactive ketones (excluding diaryl/α,β-unsaturated/α-hetero) is 3. The molecule has 7 heteroatoms. The van der Waals surface area contributed by atoms with E-state index in [0.717, 1.165) is 0 Å². The largest absolute Gasteiger partial charge is 0.444 e. The van der Waals surface area contributed by atoms with Crippen LogP contribution >= 0.6 is 0 Å². The van der Waals surface area contributed by atoms with Crippen LogP contribution in [0.25, 0.3) is 0 Å². The monoisotopic (exact) mass is 414 g/mol. The number of fused-ring (bicyclic) bond motifs is 1. The van der Waals surface area contributed by atoms with Crippen molar-refractivity contribution in [3.05, 3.63) is 46.5 Å². The lowest BCUT2D eigenvalue weighted by Gasteiger charge is -2.25. The second kappa shape index (κ2) is 9.34. The molecule has 162 valence electrons. The first-order valence-electron chi connectivity index (χ1n) is 10.0. The Bertz CT molecular complexity index is 893. The van der Waals surface area contributed by atoms with E-state index in [4.69, 9.17) is 4.74 Å². The summed E-state index contributed by atoms with van der Waals surface area (Å²) >= 11 is 0. The van der Waals surface area contributed by atoms with E-state index in [9.17, 15) is 19.2 Å². The van der Waals surface area contributed by atoms with Crippen LogP contribution in [0.3, 0.4) is 0 Å². The molecule has 0 spiro atoms. The lowest BCUT2D eigenvalue weighted by molar-refractivity contribution is -0.121. The Morgan fingerprint density at radius 2 is 1.60 bits per heavy atom. The van der Waals surface area contributed by atoms with E-state index in [1.165, 1.54) is 0 Å². The van der Waals surface area contributed by atoms with E-state index in [0.29, 0.717) is 22.3 Å². The average molecular weight is 415 g/mol. The number of carbonyl (C=O) groups is 4. The maximum Gasteiger partial charge on any atom is 0.408 e. The lowest BCUT2D eigenvalue weighted by atomic mass is 9.84. The number of nitrogens with one attached hydrogen (secondary N) is 2. The molecule has 1 aromatic carbocycles. The van der Waals surface area contributed by atoms with Crippen molar-refractivity contribution in [2.45, 2.75) is 53.2 Å². The molecule has 0 aliphatic heterocycles. The fourth-order valence-electron chi connectivity index (χ4n) is 3.24. The number of ketones is 3. The van der Waals surface area contributed by atoms with E-state index in [1.54, 1.807) is 52.0 Å². The van der Waals surface area contributed by atoms with Gasteiger partial charge in [-0.2, -0.15) is 0 Å². The number of hydrogen-bond acceptors (Lipinski definition) is 6. The molecule has 0 saturated carbocycles. The summed E-state index contributed by atoms with van der Waals surface area (Å²) in [6.45, 7) is 10.5. The Hall–Kier alpha value is -2.80. The van der Waals surface area contributed by atoms with Crippen LogP contribution in [0.1, 0.15) is 62.3 Å². The number of benzene rings is 1. The van der Waals surface area contributed by atoms with Gasteiger partial charge >= 0.3 is 6.09 Å². The first-order valence-corrected chi connectivity index (χ1v) is 10.0. The van der Waals surface area contributed by atoms with Crippen LogP contribution < -0.4 is 10.6 Å². The summed E-state index contributed by atoms with van der Waals surface area (Å²) in [4.78, 5) is 50.0. The Labute approximate surface area is 177 Å². The Morgan fingerprint density at radius 3 is 2.13 bits per heavy atom. The number of amides is 1. The molecule has 1 aliphatic carbocycles. The summed E-state index contributed by atoms with van der Waals surface area (Å²) in [6, 6.07) is 5.99. The van der Waals surface area contributed by atoms with Crippen molar-refractivity contribution in [2.75, 3.05) is 13.1 Å². The van der Waals surface area contributed by atoms with E-state index >= 15 is 0 Å². The molecule has 1 aliphatic rings. The van der Waals surface area contributed by atoms with E-state index in [2.05, 4.69) is 10.6 Å². The van der Waals surface area contributed by atoms with E-state index in [1.807, 2.05) is 13.8 Å². The highest BCUT2D eigenvalue weighted by Gasteiger charge is 2.30. The molecule has 0 saturated heterocycles. The standard InChI is InChI=1S/C23H30N2O5/c1-13(2)19(25-22(29)30-23(4,5)6)18(26)12-24-11-17-14(3)20(27)15-9-7-8-10-16(15)21(17)28/h7-10,13,19,24H,11-12H2,1-6H3,(H,25,29). The molecule has 7 nitrogen and oxygen atoms in total. The van der Waals surface area contributed by atoms with Gasteiger partial charge in [0, 0.05) is 28.8 Å². The van der Waals surface area contributed by atoms with Crippen LogP contribution in [0.4, 0.5) is 4.79 Å². The number of ether oxygens (including phenoxy) is 1. The molecule has 1 aromatic rings. The molecule has 2 rings (SSSR count). The van der Waals surface area contributed by atoms with Gasteiger partial charge in [0.1, 0.15) is 5.60 Å². The summed E-state index contributed by atoms with van der Waals surface area (Å²) in [5.74, 6) is -0.767. The summed E-state index contributed by atoms with van der Waals surface area (Å²) in [5.41, 5.74) is 0.851. The van der Waals surface area contributed by atoms with E-state index in [-0.39, 0.29) is 36.4 Å². The van der Waals surface area contributed by atoms with Crippen molar-refractivity contribution in [2.24, 2.45) is 5.92 Å². The van der Waals surface area contributed by atoms with Gasteiger partial charge in [-0.3, -0.25) is 14.4 Å². The third-order valence-electron chi connectivity index (χ3n) is 4.77. The number of alkyl carbamates (subject to hydrolysis) is 1. The molecule has 0 fully saturated rings. The molecule has 1 atom stereocenters. The number of carbonyl (C=O) groups excluding carboxylic acids is 4. The van der Waals surface area contributed by atoms with Crippen LogP contribution in [-0.4, -0.2) is 48.2 Å². The minimum atomic E-state index is -0.730. The molecule has 1 amide bonds. The quantitative estimate of drug-likeness (QED) is 0.711. The third-order valence-corrected chi connectivity index (χ3v) is 4.77. The normalized spacial score (nSPS) is 15.2. The van der Waals surface area contributed by atoms with Crippen molar-refractivity contribution in [3.63, 3.8) is 0 Å². The van der Waals surface area contributed by atoms with Gasteiger partial charge in [-0.25, -0.2) is 4.79 Å². The minimum Gasteiger partial charge on any atom is -0.444 e. The highest BCUT2D eigenvalue weighted by atomic mass is 16.6. The summed E-state index contributed by atoms with van der Waals surface area (Å²) < 4.78 is 5.23. The SMILES string of the molecule is CC1=C(CNCC(=O)C(NC(=O)OC(C)(C)C)C(C)C)C(=O)c2ccccc2C1=O. The summed E-state index contributed by atoms with van der Waals surface area (Å²) in [6.07, 6.45) is -0.655. The molecule has 2 N–H and O–H groups in total. The average Bonchev–Trinajstić information content (AvgIpc) is 2.65. The smallest absolute Gasteiger partial charge is 0.408 e. The van der Waals surface area contributed by atoms with Gasteiger partial charge < -0.3 is 15.4 Å². The fourth-order valence-corrected chi connectivity index (χ4v) is 3.24. The van der Waals surface area contributed by atoms with Gasteiger partial charge in [0.05, 0.1) is 12.6 Å². The minimum absolute atomic E-state index is 0.0570. The van der Waals surface area contributed by atoms with Gasteiger partial charge in [0.15, 0.2) is 17.3 Å². The first-order chi connectivity index (χ1) is 13.9. The maximum absolute atomic E-state index is 12.8. The summed E-state index contributed by atoms with van der Waals surface area (Å²) in [7, 11) is 0. The van der Waals surface area contributed by atoms with Crippen LogP contribution in [0.15, 0.2) is 35.4 Å². The van der Waals surface area contributed by atoms with Crippen molar-refractivity contribution >= 4 is 23.4 Å². The fraction of sp³-hybridized carbons (Fsp3) is 0.478. The zero-order valence-electron chi connectivity index (χ0n) is 18.4. The number of hydrogen-bond donors (Lipinski definition) is 2. The zero-order chi connectivity index (χ0) is 22.6. The topological polar surface area (TPSA) is 102 Å². The molecule has 1 unspecified atom stereocenters. The van der Waals surface area contributed by atoms with Gasteiger partial charge in [-0.05, 0) is 33.6 Å². The van der Waals surface area contributed by atoms with Crippen LogP contribution in [0.5, 0.6) is 0 Å². The zero-order valence-corrected chi connectivity index (χ0v) is 18.4. The number of allylic oxidation sites excluding steroid dienone is 1. The van der Waals surface area contributed by atoms with Crippen LogP contribution in [0, 0.1) is 5.92 Å². The molecule has 30 heavy (non-hydrogen) atoms. The van der Waals surface area contributed by atoms with Crippen molar-refractivity contribution in [1.29, 1.82) is 0 Å². The second-order valence-electron chi connectivity index (χ2n) is 8.75. The highest BCUT2D eigenvalue weighted by molar-refractivity contribution is 6.26. The lowest BCUT2D eigenvalue weighted by Crippen LogP contribution is -2.49. The molecule has 0 radical (unpaired) electrons. The van der Waals surface area contributed by atoms with Crippen LogP contribution in [0.2, 0.25) is 0 Å².